The van der Waals surface area contributed by atoms with Crippen LogP contribution in [0, 0.1) is 0 Å². The van der Waals surface area contributed by atoms with Gasteiger partial charge in [-0.05, 0) is 18.2 Å². The Balaban J connectivity index is 2.02. The van der Waals surface area contributed by atoms with E-state index < -0.39 is 22.6 Å². The number of ether oxygens (including phenoxy) is 1. The second-order valence-electron chi connectivity index (χ2n) is 5.37. The summed E-state index contributed by atoms with van der Waals surface area (Å²) in [5.41, 5.74) is 0.784. The normalized spacial score (nSPS) is 17.1. The van der Waals surface area contributed by atoms with E-state index in [0.717, 1.165) is 5.56 Å². The summed E-state index contributed by atoms with van der Waals surface area (Å²) in [4.78, 5) is 12.7. The van der Waals surface area contributed by atoms with Gasteiger partial charge in [0.25, 0.3) is 0 Å². The van der Waals surface area contributed by atoms with Gasteiger partial charge in [0.1, 0.15) is 5.75 Å². The predicted octanol–water partition coefficient (Wildman–Crippen LogP) is 0.881. The number of hydrogen-bond donors (Lipinski definition) is 1. The van der Waals surface area contributed by atoms with Crippen LogP contribution >= 0.6 is 11.6 Å². The monoisotopic (exact) mass is 362 g/mol. The number of rotatable bonds is 6. The van der Waals surface area contributed by atoms with Crippen molar-refractivity contribution in [2.75, 3.05) is 39.0 Å². The fourth-order valence-electron chi connectivity index (χ4n) is 2.41. The van der Waals surface area contributed by atoms with E-state index in [-0.39, 0.29) is 0 Å². The molecule has 9 heteroatoms. The van der Waals surface area contributed by atoms with Gasteiger partial charge in [-0.2, -0.15) is 4.31 Å². The number of aliphatic carboxylic acids is 1. The molecule has 0 amide bonds. The second-order valence-corrected chi connectivity index (χ2v) is 7.79. The first kappa shape index (κ1) is 18.0. The van der Waals surface area contributed by atoms with Crippen molar-refractivity contribution in [2.24, 2.45) is 0 Å². The Kier molecular flexibility index (Phi) is 5.85. The fraction of sp³-hybridized carbons (Fsp3) is 0.500. The Morgan fingerprint density at radius 3 is 2.52 bits per heavy atom. The number of carbonyl (C=O) groups is 1. The Hall–Kier alpha value is -1.35. The minimum Gasteiger partial charge on any atom is -0.482 e. The molecule has 1 aliphatic rings. The molecule has 1 N–H and O–H groups in total. The van der Waals surface area contributed by atoms with Crippen molar-refractivity contribution in [3.8, 4) is 5.75 Å². The summed E-state index contributed by atoms with van der Waals surface area (Å²) in [6, 6.07) is 5.03. The van der Waals surface area contributed by atoms with Gasteiger partial charge in [0.15, 0.2) is 6.61 Å². The topological polar surface area (TPSA) is 87.2 Å². The van der Waals surface area contributed by atoms with Crippen molar-refractivity contribution in [3.05, 3.63) is 28.8 Å². The molecule has 0 spiro atoms. The van der Waals surface area contributed by atoms with Gasteiger partial charge in [0.2, 0.25) is 10.0 Å². The highest BCUT2D eigenvalue weighted by atomic mass is 35.5. The van der Waals surface area contributed by atoms with Crippen LogP contribution in [0.4, 0.5) is 0 Å². The smallest absolute Gasteiger partial charge is 0.341 e. The molecule has 128 valence electrons. The molecule has 7 nitrogen and oxygen atoms in total. The third-order valence-electron chi connectivity index (χ3n) is 3.57. The summed E-state index contributed by atoms with van der Waals surface area (Å²) in [5, 5.41) is 9.26. The SMILES string of the molecule is CS(=O)(=O)N1CCN(Cc2cc(Cl)ccc2OCC(=O)O)CC1. The molecule has 1 saturated heterocycles. The average molecular weight is 363 g/mol. The van der Waals surface area contributed by atoms with Crippen LogP contribution in [0.25, 0.3) is 0 Å². The molecule has 1 fully saturated rings. The quantitative estimate of drug-likeness (QED) is 0.808. The molecule has 23 heavy (non-hydrogen) atoms. The maximum Gasteiger partial charge on any atom is 0.341 e. The minimum absolute atomic E-state index is 0.420. The van der Waals surface area contributed by atoms with Gasteiger partial charge >= 0.3 is 5.97 Å². The zero-order valence-electron chi connectivity index (χ0n) is 12.7. The minimum atomic E-state index is -3.16. The van der Waals surface area contributed by atoms with Gasteiger partial charge in [0, 0.05) is 43.3 Å². The zero-order valence-corrected chi connectivity index (χ0v) is 14.3. The van der Waals surface area contributed by atoms with Crippen LogP contribution < -0.4 is 4.74 Å². The van der Waals surface area contributed by atoms with Crippen molar-refractivity contribution in [1.82, 2.24) is 9.21 Å². The maximum atomic E-state index is 11.5. The van der Waals surface area contributed by atoms with Crippen LogP contribution in [0.1, 0.15) is 5.56 Å². The number of nitrogens with zero attached hydrogens (tertiary/aromatic N) is 2. The molecule has 0 bridgehead atoms. The van der Waals surface area contributed by atoms with Crippen LogP contribution in [0.15, 0.2) is 18.2 Å². The van der Waals surface area contributed by atoms with Gasteiger partial charge in [-0.1, -0.05) is 11.6 Å². The van der Waals surface area contributed by atoms with E-state index >= 15 is 0 Å². The lowest BCUT2D eigenvalue weighted by Gasteiger charge is -2.33. The predicted molar refractivity (Wildman–Crippen MR) is 86.3 cm³/mol. The molecule has 1 aromatic rings. The van der Waals surface area contributed by atoms with Gasteiger partial charge in [-0.3, -0.25) is 4.90 Å². The Morgan fingerprint density at radius 2 is 1.96 bits per heavy atom. The molecule has 0 aromatic heterocycles. The number of sulfonamides is 1. The highest BCUT2D eigenvalue weighted by Crippen LogP contribution is 2.25. The van der Waals surface area contributed by atoms with E-state index in [2.05, 4.69) is 4.90 Å². The molecule has 1 heterocycles. The van der Waals surface area contributed by atoms with Crippen LogP contribution in [-0.2, 0) is 21.4 Å². The van der Waals surface area contributed by atoms with Crippen molar-refractivity contribution in [1.29, 1.82) is 0 Å². The third-order valence-corrected chi connectivity index (χ3v) is 5.11. The highest BCUT2D eigenvalue weighted by Gasteiger charge is 2.24. The summed E-state index contributed by atoms with van der Waals surface area (Å²) in [7, 11) is -3.16. The molecule has 0 atom stereocenters. The highest BCUT2D eigenvalue weighted by molar-refractivity contribution is 7.88. The summed E-state index contributed by atoms with van der Waals surface area (Å²) in [6.07, 6.45) is 1.21. The molecule has 1 aromatic carbocycles. The molecule has 0 saturated carbocycles. The number of benzene rings is 1. The number of hydrogen-bond acceptors (Lipinski definition) is 5. The van der Waals surface area contributed by atoms with Gasteiger partial charge in [0.05, 0.1) is 6.26 Å². The summed E-state index contributed by atoms with van der Waals surface area (Å²) < 4.78 is 29.8. The molecule has 0 unspecified atom stereocenters. The van der Waals surface area contributed by atoms with Gasteiger partial charge in [-0.25, -0.2) is 13.2 Å². The van der Waals surface area contributed by atoms with Gasteiger partial charge in [-0.15, -0.1) is 0 Å². The third kappa shape index (κ3) is 5.35. The largest absolute Gasteiger partial charge is 0.482 e. The van der Waals surface area contributed by atoms with Crippen molar-refractivity contribution in [3.63, 3.8) is 0 Å². The molecular formula is C14H19ClN2O5S. The fourth-order valence-corrected chi connectivity index (χ4v) is 3.43. The van der Waals surface area contributed by atoms with Crippen LogP contribution in [0.2, 0.25) is 5.02 Å². The molecule has 0 aliphatic carbocycles. The molecule has 2 rings (SSSR count). The van der Waals surface area contributed by atoms with E-state index in [0.29, 0.717) is 43.5 Å². The lowest BCUT2D eigenvalue weighted by atomic mass is 10.1. The second kappa shape index (κ2) is 7.48. The van der Waals surface area contributed by atoms with E-state index in [1.807, 2.05) is 0 Å². The first-order chi connectivity index (χ1) is 10.8. The van der Waals surface area contributed by atoms with Crippen molar-refractivity contribution in [2.45, 2.75) is 6.54 Å². The Morgan fingerprint density at radius 1 is 1.30 bits per heavy atom. The molecule has 1 aliphatic heterocycles. The van der Waals surface area contributed by atoms with Crippen LogP contribution in [0.5, 0.6) is 5.75 Å². The number of halogens is 1. The molecule has 0 radical (unpaired) electrons. The molecular weight excluding hydrogens is 344 g/mol. The van der Waals surface area contributed by atoms with E-state index in [1.165, 1.54) is 10.6 Å². The van der Waals surface area contributed by atoms with E-state index in [9.17, 15) is 13.2 Å². The standard InChI is InChI=1S/C14H19ClN2O5S/c1-23(20,21)17-6-4-16(5-7-17)9-11-8-12(15)2-3-13(11)22-10-14(18)19/h2-3,8H,4-7,9-10H2,1H3,(H,18,19). The van der Waals surface area contributed by atoms with Crippen molar-refractivity contribution < 1.29 is 23.1 Å². The lowest BCUT2D eigenvalue weighted by molar-refractivity contribution is -0.139. The Bertz CT molecular complexity index is 672. The zero-order chi connectivity index (χ0) is 17.0. The van der Waals surface area contributed by atoms with E-state index in [1.54, 1.807) is 18.2 Å². The lowest BCUT2D eigenvalue weighted by Crippen LogP contribution is -2.47. The maximum absolute atomic E-state index is 11.5. The van der Waals surface area contributed by atoms with Crippen molar-refractivity contribution >= 4 is 27.6 Å². The van der Waals surface area contributed by atoms with Gasteiger partial charge < -0.3 is 9.84 Å². The summed E-state index contributed by atoms with van der Waals surface area (Å²) in [5.74, 6) is -0.574. The average Bonchev–Trinajstić information content (AvgIpc) is 2.46. The summed E-state index contributed by atoms with van der Waals surface area (Å²) in [6.45, 7) is 2.16. The van der Waals surface area contributed by atoms with E-state index in [4.69, 9.17) is 21.4 Å². The number of carboxylic acids is 1. The Labute approximate surface area is 140 Å². The van der Waals surface area contributed by atoms with Crippen LogP contribution in [0.3, 0.4) is 0 Å². The first-order valence-corrected chi connectivity index (χ1v) is 9.29. The number of piperazine rings is 1. The summed E-state index contributed by atoms with van der Waals surface area (Å²) >= 11 is 6.00. The first-order valence-electron chi connectivity index (χ1n) is 7.06. The van der Waals surface area contributed by atoms with Crippen LogP contribution in [-0.4, -0.2) is 67.7 Å². The number of carboxylic acid groups (broad SMARTS) is 1.